The SMILES string of the molecule is CC(CC#N)CC[Si](C)(C)F. The van der Waals surface area contributed by atoms with Crippen molar-refractivity contribution in [2.75, 3.05) is 0 Å². The maximum Gasteiger partial charge on any atom is 0.240 e. The Labute approximate surface area is 69.4 Å². The van der Waals surface area contributed by atoms with Crippen LogP contribution in [0.1, 0.15) is 19.8 Å². The predicted molar refractivity (Wildman–Crippen MR) is 47.4 cm³/mol. The zero-order valence-corrected chi connectivity index (χ0v) is 8.52. The van der Waals surface area contributed by atoms with Crippen molar-refractivity contribution in [1.82, 2.24) is 0 Å². The van der Waals surface area contributed by atoms with E-state index in [1.807, 2.05) is 6.92 Å². The van der Waals surface area contributed by atoms with E-state index >= 15 is 0 Å². The minimum Gasteiger partial charge on any atom is -0.314 e. The Balaban J connectivity index is 3.48. The molecule has 0 heterocycles. The monoisotopic (exact) mass is 173 g/mol. The van der Waals surface area contributed by atoms with Crippen LogP contribution in [0, 0.1) is 17.2 Å². The van der Waals surface area contributed by atoms with Gasteiger partial charge in [-0.05, 0) is 31.5 Å². The van der Waals surface area contributed by atoms with Crippen LogP contribution in [0.5, 0.6) is 0 Å². The summed E-state index contributed by atoms with van der Waals surface area (Å²) >= 11 is 0. The van der Waals surface area contributed by atoms with E-state index in [4.69, 9.17) is 5.26 Å². The molecule has 0 bridgehead atoms. The van der Waals surface area contributed by atoms with E-state index < -0.39 is 8.41 Å². The van der Waals surface area contributed by atoms with Gasteiger partial charge in [0.15, 0.2) is 0 Å². The number of nitrogens with zero attached hydrogens (tertiary/aromatic N) is 1. The van der Waals surface area contributed by atoms with Crippen LogP contribution in [0.4, 0.5) is 4.11 Å². The smallest absolute Gasteiger partial charge is 0.240 e. The fourth-order valence-corrected chi connectivity index (χ4v) is 2.03. The Morgan fingerprint density at radius 1 is 1.55 bits per heavy atom. The normalized spacial score (nSPS) is 14.1. The number of hydrogen-bond donors (Lipinski definition) is 0. The standard InChI is InChI=1S/C8H16FNSi/c1-8(4-6-10)5-7-11(2,3)9/h8H,4-5,7H2,1-3H3. The van der Waals surface area contributed by atoms with Crippen LogP contribution in [-0.4, -0.2) is 8.41 Å². The summed E-state index contributed by atoms with van der Waals surface area (Å²) in [4.78, 5) is 0. The molecule has 0 saturated heterocycles. The van der Waals surface area contributed by atoms with Gasteiger partial charge >= 0.3 is 0 Å². The summed E-state index contributed by atoms with van der Waals surface area (Å²) in [5.41, 5.74) is 0. The summed E-state index contributed by atoms with van der Waals surface area (Å²) in [7, 11) is -2.36. The van der Waals surface area contributed by atoms with Crippen LogP contribution in [0.15, 0.2) is 0 Å². The molecule has 0 fully saturated rings. The van der Waals surface area contributed by atoms with Crippen LogP contribution in [0.2, 0.25) is 19.1 Å². The first-order chi connectivity index (χ1) is 4.95. The van der Waals surface area contributed by atoms with Crippen molar-refractivity contribution in [1.29, 1.82) is 5.26 Å². The highest BCUT2D eigenvalue weighted by Gasteiger charge is 2.20. The molecule has 64 valence electrons. The highest BCUT2D eigenvalue weighted by atomic mass is 28.4. The molecule has 0 saturated carbocycles. The molecule has 0 aliphatic carbocycles. The molecule has 1 nitrogen and oxygen atoms in total. The van der Waals surface area contributed by atoms with E-state index in [2.05, 4.69) is 6.07 Å². The molecule has 0 radical (unpaired) electrons. The summed E-state index contributed by atoms with van der Waals surface area (Å²) in [5.74, 6) is 0.363. The number of hydrogen-bond acceptors (Lipinski definition) is 1. The maximum absolute atomic E-state index is 13.0. The summed E-state index contributed by atoms with van der Waals surface area (Å²) < 4.78 is 13.0. The van der Waals surface area contributed by atoms with Gasteiger partial charge in [0, 0.05) is 6.42 Å². The quantitative estimate of drug-likeness (QED) is 0.473. The minimum atomic E-state index is -2.36. The molecule has 0 spiro atoms. The molecule has 0 aromatic rings. The Morgan fingerprint density at radius 3 is 2.45 bits per heavy atom. The first-order valence-corrected chi connectivity index (χ1v) is 7.10. The molecule has 1 unspecified atom stereocenters. The second-order valence-electron chi connectivity index (χ2n) is 3.72. The highest BCUT2D eigenvalue weighted by molar-refractivity contribution is 6.70. The van der Waals surface area contributed by atoms with E-state index in [1.165, 1.54) is 0 Å². The lowest BCUT2D eigenvalue weighted by atomic mass is 10.1. The van der Waals surface area contributed by atoms with Crippen molar-refractivity contribution < 1.29 is 4.11 Å². The molecule has 3 heteroatoms. The van der Waals surface area contributed by atoms with Crippen molar-refractivity contribution in [2.24, 2.45) is 5.92 Å². The summed E-state index contributed by atoms with van der Waals surface area (Å²) in [6.07, 6.45) is 1.42. The Hall–Kier alpha value is -0.363. The largest absolute Gasteiger partial charge is 0.314 e. The molecular weight excluding hydrogens is 157 g/mol. The zero-order valence-electron chi connectivity index (χ0n) is 7.52. The number of nitriles is 1. The van der Waals surface area contributed by atoms with Crippen molar-refractivity contribution in [2.45, 2.75) is 38.9 Å². The third-order valence-electron chi connectivity index (χ3n) is 1.67. The van der Waals surface area contributed by atoms with Gasteiger partial charge in [-0.15, -0.1) is 0 Å². The summed E-state index contributed by atoms with van der Waals surface area (Å²) in [5, 5.41) is 8.33. The molecule has 0 N–H and O–H groups in total. The fourth-order valence-electron chi connectivity index (χ4n) is 0.848. The summed E-state index contributed by atoms with van der Waals surface area (Å²) in [6, 6.07) is 2.79. The third kappa shape index (κ3) is 7.53. The molecule has 0 amide bonds. The van der Waals surface area contributed by atoms with Gasteiger partial charge in [0.1, 0.15) is 0 Å². The Kier molecular flexibility index (Phi) is 4.35. The van der Waals surface area contributed by atoms with Gasteiger partial charge in [-0.3, -0.25) is 0 Å². The molecular formula is C8H16FNSi. The molecule has 0 aliphatic heterocycles. The van der Waals surface area contributed by atoms with Crippen molar-refractivity contribution in [3.63, 3.8) is 0 Å². The molecule has 0 aromatic heterocycles. The minimum absolute atomic E-state index is 0.363. The first-order valence-electron chi connectivity index (χ1n) is 4.01. The van der Waals surface area contributed by atoms with E-state index in [1.54, 1.807) is 13.1 Å². The van der Waals surface area contributed by atoms with E-state index in [9.17, 15) is 4.11 Å². The number of rotatable bonds is 4. The van der Waals surface area contributed by atoms with Gasteiger partial charge in [-0.1, -0.05) is 6.92 Å². The second kappa shape index (κ2) is 4.50. The molecule has 0 aliphatic rings. The first kappa shape index (κ1) is 10.6. The van der Waals surface area contributed by atoms with Gasteiger partial charge in [-0.2, -0.15) is 5.26 Å². The van der Waals surface area contributed by atoms with Crippen molar-refractivity contribution in [3.8, 4) is 6.07 Å². The van der Waals surface area contributed by atoms with Crippen molar-refractivity contribution in [3.05, 3.63) is 0 Å². The Bertz CT molecular complexity index is 145. The molecule has 1 atom stereocenters. The lowest BCUT2D eigenvalue weighted by Gasteiger charge is -2.12. The Morgan fingerprint density at radius 2 is 2.09 bits per heavy atom. The van der Waals surface area contributed by atoms with Crippen LogP contribution < -0.4 is 0 Å². The van der Waals surface area contributed by atoms with Crippen LogP contribution in [-0.2, 0) is 0 Å². The van der Waals surface area contributed by atoms with Gasteiger partial charge in [0.25, 0.3) is 0 Å². The average Bonchev–Trinajstić information content (AvgIpc) is 1.83. The lowest BCUT2D eigenvalue weighted by molar-refractivity contribution is 0.563. The van der Waals surface area contributed by atoms with Gasteiger partial charge in [-0.25, -0.2) is 0 Å². The third-order valence-corrected chi connectivity index (χ3v) is 3.15. The summed E-state index contributed by atoms with van der Waals surface area (Å²) in [6.45, 7) is 5.43. The molecule has 0 rings (SSSR count). The zero-order chi connectivity index (χ0) is 8.91. The average molecular weight is 173 g/mol. The second-order valence-corrected chi connectivity index (χ2v) is 7.66. The predicted octanol–water partition coefficient (Wildman–Crippen LogP) is 3.10. The van der Waals surface area contributed by atoms with Crippen molar-refractivity contribution >= 4 is 8.41 Å². The van der Waals surface area contributed by atoms with Crippen LogP contribution in [0.25, 0.3) is 0 Å². The van der Waals surface area contributed by atoms with Gasteiger partial charge in [0.2, 0.25) is 8.41 Å². The topological polar surface area (TPSA) is 23.8 Å². The van der Waals surface area contributed by atoms with Crippen LogP contribution in [0.3, 0.4) is 0 Å². The maximum atomic E-state index is 13.0. The highest BCUT2D eigenvalue weighted by Crippen LogP contribution is 2.18. The molecule has 0 aromatic carbocycles. The van der Waals surface area contributed by atoms with E-state index in [-0.39, 0.29) is 0 Å². The van der Waals surface area contributed by atoms with Gasteiger partial charge < -0.3 is 4.11 Å². The van der Waals surface area contributed by atoms with Gasteiger partial charge in [0.05, 0.1) is 6.07 Å². The van der Waals surface area contributed by atoms with E-state index in [0.717, 1.165) is 6.42 Å². The number of halogens is 1. The van der Waals surface area contributed by atoms with E-state index in [0.29, 0.717) is 18.4 Å². The lowest BCUT2D eigenvalue weighted by Crippen LogP contribution is -2.18. The van der Waals surface area contributed by atoms with Crippen LogP contribution >= 0.6 is 0 Å². The fraction of sp³-hybridized carbons (Fsp3) is 0.875. The molecule has 11 heavy (non-hydrogen) atoms.